The van der Waals surface area contributed by atoms with Crippen LogP contribution in [0.1, 0.15) is 62.0 Å². The van der Waals surface area contributed by atoms with E-state index in [9.17, 15) is 19.6 Å². The summed E-state index contributed by atoms with van der Waals surface area (Å²) in [5.74, 6) is -0.197. The second-order valence-corrected chi connectivity index (χ2v) is 9.53. The maximum absolute atomic E-state index is 13.2. The molecule has 9 heteroatoms. The van der Waals surface area contributed by atoms with Crippen LogP contribution < -0.4 is 5.73 Å². The number of fused-ring (bicyclic) bond motifs is 2. The summed E-state index contributed by atoms with van der Waals surface area (Å²) in [5.41, 5.74) is 7.82. The minimum absolute atomic E-state index is 0.0537. The van der Waals surface area contributed by atoms with Crippen LogP contribution in [0.3, 0.4) is 0 Å². The quantitative estimate of drug-likeness (QED) is 0.659. The standard InChI is InChI=1S/C24H32N6O3.C2H6/c1-15(16-6-8-17(9-7-16)22(31)27(2)3)30-19-11-21(24(30)33)28(13-19)14-20(26)23(32)29-10-4-5-18(29)12-25;1-2/h6-9,15,18-21H,4-5,10-11,13-14,26H2,1-3H3;1-2H3/t15?,18?,19-,20?,21?;/m0./s1. The Morgan fingerprint density at radius 2 is 1.89 bits per heavy atom. The SMILES string of the molecule is CC.CC(c1ccc(C(=O)N(C)C)cc1)N1C(=O)C2C[C@H]1CN2CC(N)C(=O)N1CCCC1C#N. The molecule has 9 nitrogen and oxygen atoms in total. The van der Waals surface area contributed by atoms with E-state index in [0.717, 1.165) is 18.4 Å². The third-order valence-electron chi connectivity index (χ3n) is 7.21. The topological polar surface area (TPSA) is 114 Å². The summed E-state index contributed by atoms with van der Waals surface area (Å²) >= 11 is 0. The highest BCUT2D eigenvalue weighted by molar-refractivity contribution is 5.94. The highest BCUT2D eigenvalue weighted by atomic mass is 16.2. The molecule has 1 aromatic rings. The highest BCUT2D eigenvalue weighted by Gasteiger charge is 2.51. The molecule has 4 unspecified atom stereocenters. The van der Waals surface area contributed by atoms with Crippen LogP contribution in [-0.4, -0.2) is 95.2 Å². The molecule has 1 aromatic carbocycles. The van der Waals surface area contributed by atoms with Crippen LogP contribution in [0.25, 0.3) is 0 Å². The van der Waals surface area contributed by atoms with Gasteiger partial charge in [-0.2, -0.15) is 5.26 Å². The Bertz CT molecular complexity index is 972. The first-order chi connectivity index (χ1) is 16.7. The molecular weight excluding hydrogens is 444 g/mol. The average Bonchev–Trinajstić information content (AvgIpc) is 3.58. The monoisotopic (exact) mass is 482 g/mol. The number of hydrogen-bond acceptors (Lipinski definition) is 6. The van der Waals surface area contributed by atoms with Crippen molar-refractivity contribution in [3.05, 3.63) is 35.4 Å². The van der Waals surface area contributed by atoms with E-state index in [0.29, 0.717) is 31.6 Å². The lowest BCUT2D eigenvalue weighted by atomic mass is 10.0. The molecule has 0 saturated carbocycles. The summed E-state index contributed by atoms with van der Waals surface area (Å²) < 4.78 is 0. The lowest BCUT2D eigenvalue weighted by molar-refractivity contribution is -0.140. The van der Waals surface area contributed by atoms with Gasteiger partial charge in [-0.25, -0.2) is 0 Å². The zero-order valence-corrected chi connectivity index (χ0v) is 21.5. The summed E-state index contributed by atoms with van der Waals surface area (Å²) in [6, 6.07) is 8.18. The van der Waals surface area contributed by atoms with Crippen LogP contribution in [0.4, 0.5) is 0 Å². The summed E-state index contributed by atoms with van der Waals surface area (Å²) in [7, 11) is 3.44. The van der Waals surface area contributed by atoms with Crippen LogP contribution in [0.5, 0.6) is 0 Å². The van der Waals surface area contributed by atoms with Crippen LogP contribution in [-0.2, 0) is 9.59 Å². The Hall–Kier alpha value is -2.96. The molecule has 0 radical (unpaired) electrons. The molecule has 0 aromatic heterocycles. The largest absolute Gasteiger partial charge is 0.345 e. The molecule has 3 fully saturated rings. The van der Waals surface area contributed by atoms with Gasteiger partial charge in [-0.15, -0.1) is 0 Å². The minimum atomic E-state index is -0.737. The predicted octanol–water partition coefficient (Wildman–Crippen LogP) is 1.60. The first-order valence-corrected chi connectivity index (χ1v) is 12.6. The van der Waals surface area contributed by atoms with Crippen LogP contribution in [0, 0.1) is 11.3 Å². The first-order valence-electron chi connectivity index (χ1n) is 12.6. The number of nitrogens with zero attached hydrogens (tertiary/aromatic N) is 5. The molecule has 35 heavy (non-hydrogen) atoms. The van der Waals surface area contributed by atoms with Gasteiger partial charge in [0.25, 0.3) is 5.91 Å². The zero-order chi connectivity index (χ0) is 25.9. The number of likely N-dealkylation sites (tertiary alicyclic amines) is 3. The average molecular weight is 483 g/mol. The van der Waals surface area contributed by atoms with Crippen molar-refractivity contribution in [1.29, 1.82) is 5.26 Å². The van der Waals surface area contributed by atoms with E-state index in [1.165, 1.54) is 4.90 Å². The second kappa shape index (κ2) is 11.2. The molecule has 3 saturated heterocycles. The van der Waals surface area contributed by atoms with Crippen LogP contribution in [0.15, 0.2) is 24.3 Å². The number of amides is 3. The van der Waals surface area contributed by atoms with Gasteiger partial charge in [-0.05, 0) is 43.9 Å². The number of piperazine rings is 1. The lowest BCUT2D eigenvalue weighted by Crippen LogP contribution is -2.56. The molecular formula is C26H38N6O3. The van der Waals surface area contributed by atoms with Gasteiger partial charge >= 0.3 is 0 Å². The lowest BCUT2D eigenvalue weighted by Gasteiger charge is -2.38. The Kier molecular flexibility index (Phi) is 8.51. The Balaban J connectivity index is 0.00000167. The highest BCUT2D eigenvalue weighted by Crippen LogP contribution is 2.38. The van der Waals surface area contributed by atoms with Crippen molar-refractivity contribution in [2.45, 2.75) is 70.2 Å². The van der Waals surface area contributed by atoms with Gasteiger partial charge < -0.3 is 20.4 Å². The van der Waals surface area contributed by atoms with Gasteiger partial charge in [0, 0.05) is 45.3 Å². The molecule has 5 atom stereocenters. The number of benzene rings is 1. The van der Waals surface area contributed by atoms with Crippen molar-refractivity contribution >= 4 is 17.7 Å². The Labute approximate surface area is 208 Å². The molecule has 3 heterocycles. The molecule has 3 aliphatic rings. The number of hydrogen-bond donors (Lipinski definition) is 1. The van der Waals surface area contributed by atoms with Crippen molar-refractivity contribution in [2.24, 2.45) is 5.73 Å². The van der Waals surface area contributed by atoms with Crippen molar-refractivity contribution in [3.8, 4) is 6.07 Å². The second-order valence-electron chi connectivity index (χ2n) is 9.53. The van der Waals surface area contributed by atoms with Gasteiger partial charge in [0.1, 0.15) is 6.04 Å². The molecule has 2 bridgehead atoms. The molecule has 2 N–H and O–H groups in total. The third kappa shape index (κ3) is 5.19. The van der Waals surface area contributed by atoms with E-state index in [4.69, 9.17) is 5.73 Å². The summed E-state index contributed by atoms with van der Waals surface area (Å²) in [6.07, 6.45) is 2.24. The van der Waals surface area contributed by atoms with E-state index in [1.54, 1.807) is 31.1 Å². The number of nitriles is 1. The molecule has 3 aliphatic heterocycles. The smallest absolute Gasteiger partial charge is 0.253 e. The predicted molar refractivity (Wildman–Crippen MR) is 133 cm³/mol. The van der Waals surface area contributed by atoms with Crippen molar-refractivity contribution in [2.75, 3.05) is 33.7 Å². The molecule has 4 rings (SSSR count). The first kappa shape index (κ1) is 26.6. The fraction of sp³-hybridized carbons (Fsp3) is 0.615. The molecule has 0 spiro atoms. The molecule has 190 valence electrons. The van der Waals surface area contributed by atoms with E-state index >= 15 is 0 Å². The fourth-order valence-corrected chi connectivity index (χ4v) is 5.43. The van der Waals surface area contributed by atoms with E-state index in [2.05, 4.69) is 6.07 Å². The maximum atomic E-state index is 13.2. The van der Waals surface area contributed by atoms with Crippen molar-refractivity contribution in [1.82, 2.24) is 19.6 Å². The number of carbonyl (C=O) groups is 3. The van der Waals surface area contributed by atoms with Gasteiger partial charge in [0.2, 0.25) is 11.8 Å². The normalized spacial score (nSPS) is 25.1. The number of carbonyl (C=O) groups excluding carboxylic acids is 3. The minimum Gasteiger partial charge on any atom is -0.345 e. The summed E-state index contributed by atoms with van der Waals surface area (Å²) in [4.78, 5) is 45.2. The van der Waals surface area contributed by atoms with E-state index in [1.807, 2.05) is 42.7 Å². The molecule has 3 amide bonds. The third-order valence-corrected chi connectivity index (χ3v) is 7.21. The zero-order valence-electron chi connectivity index (χ0n) is 21.5. The van der Waals surface area contributed by atoms with Crippen molar-refractivity contribution < 1.29 is 14.4 Å². The van der Waals surface area contributed by atoms with Crippen LogP contribution in [0.2, 0.25) is 0 Å². The van der Waals surface area contributed by atoms with E-state index in [-0.39, 0.29) is 35.8 Å². The van der Waals surface area contributed by atoms with Crippen molar-refractivity contribution in [3.63, 3.8) is 0 Å². The van der Waals surface area contributed by atoms with Gasteiger partial charge in [-0.1, -0.05) is 26.0 Å². The number of nitrogens with two attached hydrogens (primary N) is 1. The number of rotatable bonds is 6. The Morgan fingerprint density at radius 1 is 1.23 bits per heavy atom. The molecule has 0 aliphatic carbocycles. The van der Waals surface area contributed by atoms with E-state index < -0.39 is 12.1 Å². The fourth-order valence-electron chi connectivity index (χ4n) is 5.43. The van der Waals surface area contributed by atoms with Crippen LogP contribution >= 0.6 is 0 Å². The van der Waals surface area contributed by atoms with Gasteiger partial charge in [0.15, 0.2) is 0 Å². The van der Waals surface area contributed by atoms with Gasteiger partial charge in [0.05, 0.1) is 24.2 Å². The summed E-state index contributed by atoms with van der Waals surface area (Å²) in [5, 5.41) is 9.25. The summed E-state index contributed by atoms with van der Waals surface area (Å²) in [6.45, 7) is 7.58. The van der Waals surface area contributed by atoms with Gasteiger partial charge in [-0.3, -0.25) is 19.3 Å². The maximum Gasteiger partial charge on any atom is 0.253 e. The Morgan fingerprint density at radius 3 is 2.46 bits per heavy atom.